The molecule has 0 saturated carbocycles. The summed E-state index contributed by atoms with van der Waals surface area (Å²) < 4.78 is 6.78. The number of carbonyl (C=O) groups excluding carboxylic acids is 1. The van der Waals surface area contributed by atoms with E-state index in [0.717, 1.165) is 25.1 Å². The molecule has 6 nitrogen and oxygen atoms in total. The third kappa shape index (κ3) is 3.31. The van der Waals surface area contributed by atoms with Crippen LogP contribution in [-0.2, 0) is 11.3 Å². The van der Waals surface area contributed by atoms with Gasteiger partial charge < -0.3 is 15.0 Å². The Kier molecular flexibility index (Phi) is 4.74. The summed E-state index contributed by atoms with van der Waals surface area (Å²) in [6.45, 7) is 2.07. The summed E-state index contributed by atoms with van der Waals surface area (Å²) in [5.74, 6) is 0. The van der Waals surface area contributed by atoms with Crippen molar-refractivity contribution in [1.82, 2.24) is 14.7 Å². The van der Waals surface area contributed by atoms with Crippen molar-refractivity contribution in [1.29, 1.82) is 0 Å². The van der Waals surface area contributed by atoms with E-state index in [1.807, 2.05) is 11.1 Å². The van der Waals surface area contributed by atoms with Crippen LogP contribution in [0.4, 0.5) is 10.5 Å². The Labute approximate surface area is 133 Å². The Bertz CT molecular complexity index is 611. The summed E-state index contributed by atoms with van der Waals surface area (Å²) in [5, 5.41) is 11.3. The van der Waals surface area contributed by atoms with Gasteiger partial charge in [-0.25, -0.2) is 4.79 Å². The molecule has 1 N–H and O–H groups in total. The van der Waals surface area contributed by atoms with Crippen LogP contribution in [0.5, 0.6) is 0 Å². The first-order chi connectivity index (χ1) is 10.8. The maximum Gasteiger partial charge on any atom is 0.322 e. The molecule has 0 aromatic carbocycles. The summed E-state index contributed by atoms with van der Waals surface area (Å²) in [6, 6.07) is 2.23. The van der Waals surface area contributed by atoms with Crippen LogP contribution in [0.2, 0.25) is 0 Å². The van der Waals surface area contributed by atoms with Crippen LogP contribution in [0, 0.1) is 0 Å². The lowest BCUT2D eigenvalue weighted by Gasteiger charge is -2.24. The summed E-state index contributed by atoms with van der Waals surface area (Å²) in [7, 11) is 1.66. The Morgan fingerprint density at radius 3 is 3.27 bits per heavy atom. The quantitative estimate of drug-likeness (QED) is 0.921. The lowest BCUT2D eigenvalue weighted by atomic mass is 10.1. The van der Waals surface area contributed by atoms with Gasteiger partial charge in [0, 0.05) is 19.9 Å². The van der Waals surface area contributed by atoms with Crippen LogP contribution in [0.25, 0.3) is 0 Å². The molecule has 2 amide bonds. The highest BCUT2D eigenvalue weighted by Gasteiger charge is 2.30. The molecule has 0 bridgehead atoms. The van der Waals surface area contributed by atoms with Crippen molar-refractivity contribution >= 4 is 23.1 Å². The molecule has 2 aromatic heterocycles. The fourth-order valence-corrected chi connectivity index (χ4v) is 3.46. The molecule has 22 heavy (non-hydrogen) atoms. The number of urea groups is 1. The van der Waals surface area contributed by atoms with Crippen molar-refractivity contribution in [3.05, 3.63) is 34.8 Å². The van der Waals surface area contributed by atoms with E-state index in [9.17, 15) is 4.79 Å². The van der Waals surface area contributed by atoms with E-state index in [2.05, 4.69) is 27.2 Å². The van der Waals surface area contributed by atoms with Gasteiger partial charge in [0.25, 0.3) is 0 Å². The van der Waals surface area contributed by atoms with Gasteiger partial charge in [-0.1, -0.05) is 0 Å². The average molecular weight is 320 g/mol. The van der Waals surface area contributed by atoms with Crippen molar-refractivity contribution < 1.29 is 9.53 Å². The molecule has 7 heteroatoms. The number of aromatic nitrogens is 2. The van der Waals surface area contributed by atoms with E-state index in [1.54, 1.807) is 29.3 Å². The molecular formula is C15H20N4O2S. The highest BCUT2D eigenvalue weighted by Crippen LogP contribution is 2.33. The number of nitrogens with zero attached hydrogens (tertiary/aromatic N) is 3. The van der Waals surface area contributed by atoms with Gasteiger partial charge in [0.2, 0.25) is 0 Å². The first-order valence-electron chi connectivity index (χ1n) is 7.39. The van der Waals surface area contributed by atoms with Crippen LogP contribution in [-0.4, -0.2) is 41.0 Å². The lowest BCUT2D eigenvalue weighted by Crippen LogP contribution is -2.34. The fraction of sp³-hybridized carbons (Fsp3) is 0.467. The molecule has 0 aliphatic carbocycles. The number of methoxy groups -OCH3 is 1. The molecule has 1 fully saturated rings. The van der Waals surface area contributed by atoms with Crippen molar-refractivity contribution in [2.45, 2.75) is 25.4 Å². The Hall–Kier alpha value is -1.86. The van der Waals surface area contributed by atoms with Gasteiger partial charge in [0.05, 0.1) is 31.1 Å². The van der Waals surface area contributed by atoms with Gasteiger partial charge in [0.1, 0.15) is 0 Å². The highest BCUT2D eigenvalue weighted by molar-refractivity contribution is 7.07. The molecule has 1 atom stereocenters. The number of hydrogen-bond acceptors (Lipinski definition) is 4. The van der Waals surface area contributed by atoms with E-state index in [1.165, 1.54) is 5.56 Å². The zero-order valence-electron chi connectivity index (χ0n) is 12.6. The SMILES string of the molecule is COCCn1cc(NC(=O)N2CCCC2c2ccsc2)cn1. The minimum absolute atomic E-state index is 0.0556. The number of anilines is 1. The Balaban J connectivity index is 1.62. The maximum atomic E-state index is 12.5. The summed E-state index contributed by atoms with van der Waals surface area (Å²) >= 11 is 1.67. The summed E-state index contributed by atoms with van der Waals surface area (Å²) in [5.41, 5.74) is 1.95. The van der Waals surface area contributed by atoms with E-state index in [0.29, 0.717) is 13.2 Å². The maximum absolute atomic E-state index is 12.5. The smallest absolute Gasteiger partial charge is 0.322 e. The molecule has 1 unspecified atom stereocenters. The number of thiophene rings is 1. The van der Waals surface area contributed by atoms with Crippen molar-refractivity contribution in [3.63, 3.8) is 0 Å². The van der Waals surface area contributed by atoms with E-state index in [-0.39, 0.29) is 12.1 Å². The summed E-state index contributed by atoms with van der Waals surface area (Å²) in [6.07, 6.45) is 5.56. The molecule has 1 aliphatic heterocycles. The number of amides is 2. The first kappa shape index (κ1) is 15.1. The average Bonchev–Trinajstić information content (AvgIpc) is 3.25. The van der Waals surface area contributed by atoms with Gasteiger partial charge in [0.15, 0.2) is 0 Å². The van der Waals surface area contributed by atoms with Crippen LogP contribution in [0.15, 0.2) is 29.2 Å². The van der Waals surface area contributed by atoms with Gasteiger partial charge in [-0.15, -0.1) is 0 Å². The molecule has 3 rings (SSSR count). The second-order valence-corrected chi connectivity index (χ2v) is 6.10. The summed E-state index contributed by atoms with van der Waals surface area (Å²) in [4.78, 5) is 14.4. The monoisotopic (exact) mass is 320 g/mol. The second-order valence-electron chi connectivity index (χ2n) is 5.32. The number of ether oxygens (including phenoxy) is 1. The standard InChI is InChI=1S/C15H20N4O2S/c1-21-7-6-18-10-13(9-16-18)17-15(20)19-5-2-3-14(19)12-4-8-22-11-12/h4,8-11,14H,2-3,5-7H2,1H3,(H,17,20). The Morgan fingerprint density at radius 2 is 2.50 bits per heavy atom. The van der Waals surface area contributed by atoms with Gasteiger partial charge in [-0.05, 0) is 35.2 Å². The van der Waals surface area contributed by atoms with Crippen molar-refractivity contribution in [2.75, 3.05) is 25.6 Å². The molecule has 2 aromatic rings. The molecule has 0 spiro atoms. The molecular weight excluding hydrogens is 300 g/mol. The topological polar surface area (TPSA) is 59.4 Å². The second kappa shape index (κ2) is 6.93. The number of hydrogen-bond donors (Lipinski definition) is 1. The molecule has 118 valence electrons. The zero-order valence-corrected chi connectivity index (χ0v) is 13.4. The van der Waals surface area contributed by atoms with Crippen LogP contribution >= 0.6 is 11.3 Å². The van der Waals surface area contributed by atoms with Crippen molar-refractivity contribution in [2.24, 2.45) is 0 Å². The normalized spacial score (nSPS) is 17.9. The number of likely N-dealkylation sites (tertiary alicyclic amines) is 1. The number of nitrogens with one attached hydrogen (secondary N) is 1. The highest BCUT2D eigenvalue weighted by atomic mass is 32.1. The largest absolute Gasteiger partial charge is 0.383 e. The minimum atomic E-state index is -0.0556. The van der Waals surface area contributed by atoms with Gasteiger partial charge in [-0.3, -0.25) is 4.68 Å². The molecule has 1 saturated heterocycles. The first-order valence-corrected chi connectivity index (χ1v) is 8.33. The zero-order chi connectivity index (χ0) is 15.4. The minimum Gasteiger partial charge on any atom is -0.383 e. The third-order valence-corrected chi connectivity index (χ3v) is 4.55. The van der Waals surface area contributed by atoms with Gasteiger partial charge >= 0.3 is 6.03 Å². The van der Waals surface area contributed by atoms with Crippen LogP contribution < -0.4 is 5.32 Å². The predicted molar refractivity (Wildman–Crippen MR) is 86.1 cm³/mol. The van der Waals surface area contributed by atoms with Crippen LogP contribution in [0.3, 0.4) is 0 Å². The molecule has 0 radical (unpaired) electrons. The predicted octanol–water partition coefficient (Wildman–Crippen LogP) is 2.96. The van der Waals surface area contributed by atoms with Crippen LogP contribution in [0.1, 0.15) is 24.4 Å². The fourth-order valence-electron chi connectivity index (χ4n) is 2.75. The van der Waals surface area contributed by atoms with E-state index < -0.39 is 0 Å². The van der Waals surface area contributed by atoms with Gasteiger partial charge in [-0.2, -0.15) is 16.4 Å². The third-order valence-electron chi connectivity index (χ3n) is 3.85. The van der Waals surface area contributed by atoms with E-state index >= 15 is 0 Å². The Morgan fingerprint density at radius 1 is 1.59 bits per heavy atom. The van der Waals surface area contributed by atoms with E-state index in [4.69, 9.17) is 4.74 Å². The lowest BCUT2D eigenvalue weighted by molar-refractivity contribution is 0.183. The van der Waals surface area contributed by atoms with Crippen molar-refractivity contribution in [3.8, 4) is 0 Å². The number of carbonyl (C=O) groups is 1. The molecule has 1 aliphatic rings. The number of rotatable bonds is 5. The molecule has 3 heterocycles.